The number of aromatic nitrogens is 2. The van der Waals surface area contributed by atoms with Gasteiger partial charge < -0.3 is 14.4 Å². The number of rotatable bonds is 4. The predicted octanol–water partition coefficient (Wildman–Crippen LogP) is 5.16. The molecule has 1 aliphatic carbocycles. The summed E-state index contributed by atoms with van der Waals surface area (Å²) < 4.78 is 14.5. The molecule has 2 aliphatic rings. The van der Waals surface area contributed by atoms with Crippen molar-refractivity contribution in [1.82, 2.24) is 14.7 Å². The number of likely N-dealkylation sites (tertiary alicyclic amines) is 1. The van der Waals surface area contributed by atoms with Gasteiger partial charge in [-0.15, -0.1) is 0 Å². The monoisotopic (exact) mass is 449 g/mol. The highest BCUT2D eigenvalue weighted by atomic mass is 79.9. The molecule has 2 heterocycles. The fraction of sp³-hybridized carbons (Fsp3) is 0.619. The highest BCUT2D eigenvalue weighted by molar-refractivity contribution is 9.10. The van der Waals surface area contributed by atoms with E-state index in [0.29, 0.717) is 19.1 Å². The molecule has 0 bridgehead atoms. The summed E-state index contributed by atoms with van der Waals surface area (Å²) in [7, 11) is 0. The molecule has 2 fully saturated rings. The molecule has 1 saturated carbocycles. The van der Waals surface area contributed by atoms with Crippen LogP contribution in [-0.4, -0.2) is 46.1 Å². The molecule has 6 nitrogen and oxygen atoms in total. The van der Waals surface area contributed by atoms with Crippen LogP contribution < -0.4 is 4.74 Å². The number of amides is 1. The number of hydrogen-bond donors (Lipinski definition) is 0. The highest BCUT2D eigenvalue weighted by Gasteiger charge is 2.28. The average molecular weight is 450 g/mol. The third-order valence-electron chi connectivity index (χ3n) is 5.24. The summed E-state index contributed by atoms with van der Waals surface area (Å²) in [4.78, 5) is 14.0. The van der Waals surface area contributed by atoms with Gasteiger partial charge in [-0.3, -0.25) is 4.68 Å². The van der Waals surface area contributed by atoms with Crippen LogP contribution in [-0.2, 0) is 4.74 Å². The number of benzene rings is 1. The number of fused-ring (bicyclic) bond motifs is 1. The van der Waals surface area contributed by atoms with E-state index in [9.17, 15) is 4.79 Å². The molecule has 4 rings (SSSR count). The van der Waals surface area contributed by atoms with Crippen molar-refractivity contribution < 1.29 is 14.3 Å². The highest BCUT2D eigenvalue weighted by Crippen LogP contribution is 2.34. The Bertz CT molecular complexity index is 862. The van der Waals surface area contributed by atoms with Gasteiger partial charge in [-0.25, -0.2) is 4.79 Å². The van der Waals surface area contributed by atoms with E-state index in [1.165, 1.54) is 12.8 Å². The second kappa shape index (κ2) is 7.58. The van der Waals surface area contributed by atoms with Crippen LogP contribution in [0.25, 0.3) is 10.9 Å². The zero-order valence-corrected chi connectivity index (χ0v) is 18.4. The third-order valence-corrected chi connectivity index (χ3v) is 5.86. The van der Waals surface area contributed by atoms with Crippen molar-refractivity contribution in [3.63, 3.8) is 0 Å². The van der Waals surface area contributed by atoms with Crippen molar-refractivity contribution in [3.05, 3.63) is 22.8 Å². The van der Waals surface area contributed by atoms with E-state index in [-0.39, 0.29) is 6.09 Å². The minimum absolute atomic E-state index is 0.224. The predicted molar refractivity (Wildman–Crippen MR) is 112 cm³/mol. The largest absolute Gasteiger partial charge is 0.492 e. The summed E-state index contributed by atoms with van der Waals surface area (Å²) in [5.41, 5.74) is 0.490. The van der Waals surface area contributed by atoms with Crippen LogP contribution in [0.2, 0.25) is 0 Å². The molecule has 2 aromatic rings. The first-order valence-corrected chi connectivity index (χ1v) is 10.9. The summed E-state index contributed by atoms with van der Waals surface area (Å²) in [6, 6.07) is 4.39. The molecule has 0 radical (unpaired) electrons. The SMILES string of the molecule is CC(C)(C)OC(=O)N1CCC(n2cc3cc(Br)c(OCC4CC4)cc3n2)CC1. The first kappa shape index (κ1) is 19.6. The van der Waals surface area contributed by atoms with E-state index in [1.54, 1.807) is 4.90 Å². The van der Waals surface area contributed by atoms with Gasteiger partial charge in [0.1, 0.15) is 11.4 Å². The lowest BCUT2D eigenvalue weighted by atomic mass is 10.1. The number of nitrogens with zero attached hydrogens (tertiary/aromatic N) is 3. The number of halogens is 1. The van der Waals surface area contributed by atoms with Gasteiger partial charge in [0.15, 0.2) is 0 Å². The zero-order valence-electron chi connectivity index (χ0n) is 16.8. The molecule has 1 amide bonds. The molecule has 1 aliphatic heterocycles. The third kappa shape index (κ3) is 4.62. The van der Waals surface area contributed by atoms with Gasteiger partial charge in [-0.1, -0.05) is 0 Å². The fourth-order valence-corrected chi connectivity index (χ4v) is 3.95. The summed E-state index contributed by atoms with van der Waals surface area (Å²) >= 11 is 3.62. The van der Waals surface area contributed by atoms with Gasteiger partial charge in [-0.05, 0) is 74.4 Å². The van der Waals surface area contributed by atoms with Crippen molar-refractivity contribution in [2.24, 2.45) is 5.92 Å². The van der Waals surface area contributed by atoms with Gasteiger partial charge in [-0.2, -0.15) is 5.10 Å². The Morgan fingerprint density at radius 3 is 2.57 bits per heavy atom. The van der Waals surface area contributed by atoms with E-state index in [2.05, 4.69) is 28.2 Å². The lowest BCUT2D eigenvalue weighted by Crippen LogP contribution is -2.42. The van der Waals surface area contributed by atoms with Crippen LogP contribution in [0, 0.1) is 5.92 Å². The fourth-order valence-electron chi connectivity index (χ4n) is 3.47. The molecule has 7 heteroatoms. The van der Waals surface area contributed by atoms with E-state index in [4.69, 9.17) is 14.6 Å². The number of hydrogen-bond acceptors (Lipinski definition) is 4. The van der Waals surface area contributed by atoms with Crippen molar-refractivity contribution in [1.29, 1.82) is 0 Å². The minimum atomic E-state index is -0.458. The molecule has 1 aromatic carbocycles. The molecule has 0 N–H and O–H groups in total. The molecule has 0 atom stereocenters. The summed E-state index contributed by atoms with van der Waals surface area (Å²) in [6.45, 7) is 7.85. The Hall–Kier alpha value is -1.76. The Balaban J connectivity index is 1.41. The van der Waals surface area contributed by atoms with Crippen molar-refractivity contribution >= 4 is 32.9 Å². The maximum Gasteiger partial charge on any atom is 0.410 e. The van der Waals surface area contributed by atoms with Crippen LogP contribution in [0.5, 0.6) is 5.75 Å². The van der Waals surface area contributed by atoms with Gasteiger partial charge in [0.05, 0.1) is 22.6 Å². The molecule has 0 unspecified atom stereocenters. The lowest BCUT2D eigenvalue weighted by molar-refractivity contribution is 0.0185. The van der Waals surface area contributed by atoms with E-state index in [1.807, 2.05) is 31.5 Å². The number of piperidine rings is 1. The number of carbonyl (C=O) groups is 1. The molecule has 28 heavy (non-hydrogen) atoms. The summed E-state index contributed by atoms with van der Waals surface area (Å²) in [6.07, 6.45) is 6.17. The molecule has 1 aromatic heterocycles. The second-order valence-electron chi connectivity index (χ2n) is 8.90. The number of carbonyl (C=O) groups excluding carboxylic acids is 1. The van der Waals surface area contributed by atoms with Crippen LogP contribution in [0.15, 0.2) is 22.8 Å². The smallest absolute Gasteiger partial charge is 0.410 e. The van der Waals surface area contributed by atoms with Gasteiger partial charge >= 0.3 is 6.09 Å². The Labute approximate surface area is 174 Å². The van der Waals surface area contributed by atoms with Crippen LogP contribution >= 0.6 is 15.9 Å². The lowest BCUT2D eigenvalue weighted by Gasteiger charge is -2.33. The van der Waals surface area contributed by atoms with Crippen LogP contribution in [0.4, 0.5) is 4.79 Å². The minimum Gasteiger partial charge on any atom is -0.492 e. The molecular formula is C21H28BrN3O3. The Kier molecular flexibility index (Phi) is 5.29. The first-order chi connectivity index (χ1) is 13.3. The molecule has 152 valence electrons. The van der Waals surface area contributed by atoms with Gasteiger partial charge in [0, 0.05) is 30.7 Å². The summed E-state index contributed by atoms with van der Waals surface area (Å²) in [5, 5.41) is 5.89. The Morgan fingerprint density at radius 2 is 1.93 bits per heavy atom. The van der Waals surface area contributed by atoms with Gasteiger partial charge in [0.25, 0.3) is 0 Å². The zero-order chi connectivity index (χ0) is 19.9. The van der Waals surface area contributed by atoms with Gasteiger partial charge in [0.2, 0.25) is 0 Å². The van der Waals surface area contributed by atoms with Crippen molar-refractivity contribution in [3.8, 4) is 5.75 Å². The van der Waals surface area contributed by atoms with E-state index >= 15 is 0 Å². The van der Waals surface area contributed by atoms with Crippen LogP contribution in [0.1, 0.15) is 52.5 Å². The molecule has 0 spiro atoms. The molecule has 1 saturated heterocycles. The number of ether oxygens (including phenoxy) is 2. The quantitative estimate of drug-likeness (QED) is 0.646. The molecular weight excluding hydrogens is 422 g/mol. The van der Waals surface area contributed by atoms with Crippen molar-refractivity contribution in [2.75, 3.05) is 19.7 Å². The standard InChI is InChI=1S/C21H28BrN3O3/c1-21(2,3)28-20(26)24-8-6-16(7-9-24)25-12-15-10-17(22)19(11-18(15)23-25)27-13-14-4-5-14/h10-12,14,16H,4-9,13H2,1-3H3. The van der Waals surface area contributed by atoms with Crippen LogP contribution in [0.3, 0.4) is 0 Å². The maximum absolute atomic E-state index is 12.2. The second-order valence-corrected chi connectivity index (χ2v) is 9.76. The van der Waals surface area contributed by atoms with E-state index < -0.39 is 5.60 Å². The Morgan fingerprint density at radius 1 is 1.21 bits per heavy atom. The normalized spacial score (nSPS) is 18.5. The van der Waals surface area contributed by atoms with E-state index in [0.717, 1.165) is 46.5 Å². The maximum atomic E-state index is 12.2. The topological polar surface area (TPSA) is 56.6 Å². The summed E-state index contributed by atoms with van der Waals surface area (Å²) in [5.74, 6) is 1.58. The average Bonchev–Trinajstić information content (AvgIpc) is 3.37. The van der Waals surface area contributed by atoms with Crippen molar-refractivity contribution in [2.45, 2.75) is 58.1 Å². The first-order valence-electron chi connectivity index (χ1n) is 10.1.